The molecule has 4 nitrogen and oxygen atoms in total. The van der Waals surface area contributed by atoms with Gasteiger partial charge in [0.1, 0.15) is 11.9 Å². The summed E-state index contributed by atoms with van der Waals surface area (Å²) in [5, 5.41) is 9.03. The Bertz CT molecular complexity index is 410. The first-order valence-electron chi connectivity index (χ1n) is 5.58. The molecule has 2 N–H and O–H groups in total. The largest absolute Gasteiger partial charge is 0.355 e. The van der Waals surface area contributed by atoms with Gasteiger partial charge in [-0.1, -0.05) is 6.92 Å². The smallest absolute Gasteiger partial charge is 0.146 e. The molecule has 1 aliphatic heterocycles. The van der Waals surface area contributed by atoms with Crippen LogP contribution in [0.5, 0.6) is 0 Å². The van der Waals surface area contributed by atoms with E-state index in [0.29, 0.717) is 11.5 Å². The molecule has 0 saturated carbocycles. The van der Waals surface area contributed by atoms with E-state index in [2.05, 4.69) is 22.9 Å². The number of nitrogens with zero attached hydrogens (tertiary/aromatic N) is 3. The second-order valence-electron chi connectivity index (χ2n) is 4.36. The van der Waals surface area contributed by atoms with Crippen LogP contribution in [0.15, 0.2) is 18.3 Å². The molecule has 2 atom stereocenters. The highest BCUT2D eigenvalue weighted by molar-refractivity contribution is 5.53. The molecule has 16 heavy (non-hydrogen) atoms. The van der Waals surface area contributed by atoms with Crippen molar-refractivity contribution in [1.82, 2.24) is 4.98 Å². The third kappa shape index (κ3) is 2.00. The van der Waals surface area contributed by atoms with E-state index in [1.54, 1.807) is 12.3 Å². The molecule has 0 aliphatic carbocycles. The average Bonchev–Trinajstić information content (AvgIpc) is 2.32. The molecular weight excluding hydrogens is 200 g/mol. The van der Waals surface area contributed by atoms with E-state index in [0.717, 1.165) is 25.3 Å². The Hall–Kier alpha value is -1.60. The molecule has 0 amide bonds. The minimum Gasteiger partial charge on any atom is -0.355 e. The zero-order valence-corrected chi connectivity index (χ0v) is 9.43. The number of piperidine rings is 1. The van der Waals surface area contributed by atoms with Gasteiger partial charge in [-0.3, -0.25) is 0 Å². The highest BCUT2D eigenvalue weighted by Gasteiger charge is 2.25. The lowest BCUT2D eigenvalue weighted by molar-refractivity contribution is 0.381. The van der Waals surface area contributed by atoms with Gasteiger partial charge in [-0.25, -0.2) is 4.98 Å². The fourth-order valence-electron chi connectivity index (χ4n) is 2.09. The summed E-state index contributed by atoms with van der Waals surface area (Å²) in [5.74, 6) is 1.24. The van der Waals surface area contributed by atoms with E-state index in [4.69, 9.17) is 11.0 Å². The number of hydrogen-bond donors (Lipinski definition) is 1. The van der Waals surface area contributed by atoms with Gasteiger partial charge in [-0.2, -0.15) is 5.26 Å². The Balaban J connectivity index is 2.22. The molecule has 0 spiro atoms. The third-order valence-electron chi connectivity index (χ3n) is 3.18. The van der Waals surface area contributed by atoms with Gasteiger partial charge in [-0.15, -0.1) is 0 Å². The number of anilines is 1. The van der Waals surface area contributed by atoms with Crippen molar-refractivity contribution >= 4 is 5.82 Å². The predicted octanol–water partition coefficient (Wildman–Crippen LogP) is 1.13. The van der Waals surface area contributed by atoms with Crippen molar-refractivity contribution < 1.29 is 0 Å². The lowest BCUT2D eigenvalue weighted by Crippen LogP contribution is -2.46. The van der Waals surface area contributed by atoms with Gasteiger partial charge in [0.15, 0.2) is 0 Å². The van der Waals surface area contributed by atoms with E-state index >= 15 is 0 Å². The molecule has 0 radical (unpaired) electrons. The van der Waals surface area contributed by atoms with Gasteiger partial charge >= 0.3 is 0 Å². The number of nitriles is 1. The zero-order chi connectivity index (χ0) is 11.5. The minimum absolute atomic E-state index is 0.269. The highest BCUT2D eigenvalue weighted by Crippen LogP contribution is 2.23. The summed E-state index contributed by atoms with van der Waals surface area (Å²) in [6.45, 7) is 3.91. The van der Waals surface area contributed by atoms with E-state index in [9.17, 15) is 0 Å². The molecule has 1 saturated heterocycles. The summed E-state index contributed by atoms with van der Waals surface area (Å²) < 4.78 is 0. The van der Waals surface area contributed by atoms with Gasteiger partial charge in [0.25, 0.3) is 0 Å². The van der Waals surface area contributed by atoms with Crippen LogP contribution in [0.3, 0.4) is 0 Å². The quantitative estimate of drug-likeness (QED) is 0.764. The van der Waals surface area contributed by atoms with Crippen LogP contribution >= 0.6 is 0 Å². The van der Waals surface area contributed by atoms with Gasteiger partial charge in [-0.05, 0) is 24.5 Å². The third-order valence-corrected chi connectivity index (χ3v) is 3.18. The molecule has 0 aromatic carbocycles. The van der Waals surface area contributed by atoms with E-state index in [1.165, 1.54) is 0 Å². The molecule has 1 fully saturated rings. The monoisotopic (exact) mass is 216 g/mol. The molecule has 0 bridgehead atoms. The first-order valence-corrected chi connectivity index (χ1v) is 5.58. The SMILES string of the molecule is CC1CN(c2ncccc2C#N)CCC1N. The number of nitrogens with two attached hydrogens (primary N) is 1. The molecule has 84 valence electrons. The Morgan fingerprint density at radius 3 is 3.12 bits per heavy atom. The number of aromatic nitrogens is 1. The van der Waals surface area contributed by atoms with Crippen LogP contribution in [-0.4, -0.2) is 24.1 Å². The van der Waals surface area contributed by atoms with Crippen molar-refractivity contribution in [2.75, 3.05) is 18.0 Å². The summed E-state index contributed by atoms with van der Waals surface area (Å²) in [6, 6.07) is 6.05. The topological polar surface area (TPSA) is 65.9 Å². The van der Waals surface area contributed by atoms with Crippen LogP contribution in [0.2, 0.25) is 0 Å². The summed E-state index contributed by atoms with van der Waals surface area (Å²) >= 11 is 0. The predicted molar refractivity (Wildman–Crippen MR) is 62.9 cm³/mol. The number of hydrogen-bond acceptors (Lipinski definition) is 4. The van der Waals surface area contributed by atoms with Gasteiger partial charge in [0.2, 0.25) is 0 Å². The normalized spacial score (nSPS) is 25.2. The van der Waals surface area contributed by atoms with Crippen molar-refractivity contribution in [3.8, 4) is 6.07 Å². The van der Waals surface area contributed by atoms with Gasteiger partial charge in [0, 0.05) is 25.3 Å². The maximum absolute atomic E-state index is 9.03. The standard InChI is InChI=1S/C12H16N4/c1-9-8-16(6-4-11(9)14)12-10(7-13)3-2-5-15-12/h2-3,5,9,11H,4,6,8,14H2,1H3. The van der Waals surface area contributed by atoms with E-state index in [1.807, 2.05) is 6.07 Å². The van der Waals surface area contributed by atoms with Crippen LogP contribution in [0, 0.1) is 17.2 Å². The Labute approximate surface area is 95.7 Å². The fourth-order valence-corrected chi connectivity index (χ4v) is 2.09. The Kier molecular flexibility index (Phi) is 3.07. The minimum atomic E-state index is 0.269. The lowest BCUT2D eigenvalue weighted by Gasteiger charge is -2.36. The van der Waals surface area contributed by atoms with Crippen molar-refractivity contribution in [2.45, 2.75) is 19.4 Å². The maximum atomic E-state index is 9.03. The summed E-state index contributed by atoms with van der Waals surface area (Å²) in [5.41, 5.74) is 6.62. The Morgan fingerprint density at radius 1 is 1.62 bits per heavy atom. The Morgan fingerprint density at radius 2 is 2.44 bits per heavy atom. The van der Waals surface area contributed by atoms with Crippen molar-refractivity contribution in [2.24, 2.45) is 11.7 Å². The zero-order valence-electron chi connectivity index (χ0n) is 9.43. The van der Waals surface area contributed by atoms with Crippen molar-refractivity contribution in [3.63, 3.8) is 0 Å². The summed E-state index contributed by atoms with van der Waals surface area (Å²) in [6.07, 6.45) is 2.69. The molecule has 1 aromatic heterocycles. The summed E-state index contributed by atoms with van der Waals surface area (Å²) in [7, 11) is 0. The van der Waals surface area contributed by atoms with Crippen LogP contribution in [0.25, 0.3) is 0 Å². The molecule has 2 unspecified atom stereocenters. The summed E-state index contributed by atoms with van der Waals surface area (Å²) in [4.78, 5) is 6.45. The van der Waals surface area contributed by atoms with Crippen LogP contribution in [-0.2, 0) is 0 Å². The molecule has 1 aliphatic rings. The lowest BCUT2D eigenvalue weighted by atomic mass is 9.94. The van der Waals surface area contributed by atoms with Crippen LogP contribution in [0.1, 0.15) is 18.9 Å². The van der Waals surface area contributed by atoms with E-state index < -0.39 is 0 Å². The molecule has 4 heteroatoms. The van der Waals surface area contributed by atoms with Crippen molar-refractivity contribution in [3.05, 3.63) is 23.9 Å². The van der Waals surface area contributed by atoms with E-state index in [-0.39, 0.29) is 6.04 Å². The van der Waals surface area contributed by atoms with Gasteiger partial charge < -0.3 is 10.6 Å². The highest BCUT2D eigenvalue weighted by atomic mass is 15.2. The second-order valence-corrected chi connectivity index (χ2v) is 4.36. The number of rotatable bonds is 1. The van der Waals surface area contributed by atoms with Crippen LogP contribution in [0.4, 0.5) is 5.82 Å². The van der Waals surface area contributed by atoms with Crippen molar-refractivity contribution in [1.29, 1.82) is 5.26 Å². The van der Waals surface area contributed by atoms with Gasteiger partial charge in [0.05, 0.1) is 5.56 Å². The maximum Gasteiger partial charge on any atom is 0.146 e. The average molecular weight is 216 g/mol. The van der Waals surface area contributed by atoms with Crippen LogP contribution < -0.4 is 10.6 Å². The number of pyridine rings is 1. The molecule has 2 heterocycles. The first kappa shape index (κ1) is 10.9. The fraction of sp³-hybridized carbons (Fsp3) is 0.500. The first-order chi connectivity index (χ1) is 7.72. The second kappa shape index (κ2) is 4.50. The molecule has 2 rings (SSSR count). The molecule has 1 aromatic rings. The molecular formula is C12H16N4.